The Morgan fingerprint density at radius 1 is 0.0676 bits per heavy atom. The van der Waals surface area contributed by atoms with Crippen LogP contribution in [0.2, 0.25) is 0 Å². The van der Waals surface area contributed by atoms with Crippen molar-refractivity contribution in [3.8, 4) is 0 Å². The summed E-state index contributed by atoms with van der Waals surface area (Å²) in [5, 5.41) is 0. The van der Waals surface area contributed by atoms with Gasteiger partial charge >= 0.3 is 0 Å². The number of hydrogen-bond donors (Lipinski definition) is 0. The maximum Gasteiger partial charge on any atom is 0 e. The van der Waals surface area contributed by atoms with Crippen LogP contribution in [-0.4, -0.2) is 0 Å². The molecule has 0 nitrogen and oxygen atoms in total. The van der Waals surface area contributed by atoms with E-state index in [-0.39, 0.29) is 0 Å². The largest absolute Gasteiger partial charge is 0 e. The smallest absolute Gasteiger partial charge is 0 e. The van der Waals surface area contributed by atoms with E-state index in [1.54, 1.807) is 107 Å². The minimum Gasteiger partial charge on any atom is 0 e. The van der Waals surface area contributed by atoms with E-state index in [1.165, 1.54) is 17.8 Å². The van der Waals surface area contributed by atoms with Gasteiger partial charge in [-0.2, -0.15) is 0 Å². The Morgan fingerprint density at radius 2 is 0.108 bits per heavy atom. The first kappa shape index (κ1) is 90.3. The van der Waals surface area contributed by atoms with Crippen LogP contribution in [0.3, 0.4) is 0 Å². The molecule has 74 heavy (non-hydrogen) atoms. The molecule has 0 heterocycles. The third-order valence-electron chi connectivity index (χ3n) is 1.97. The highest BCUT2D eigenvalue weighted by molar-refractivity contribution is 8.84. The van der Waals surface area contributed by atoms with E-state index in [1.807, 2.05) is 515 Å². The summed E-state index contributed by atoms with van der Waals surface area (Å²) in [6.07, 6.45) is 0. The molecule has 0 rings (SSSR count). The minimum atomic E-state index is 1.37. The van der Waals surface area contributed by atoms with E-state index in [4.69, 9.17) is 22.4 Å². The minimum absolute atomic E-state index is 1.37. The molecule has 0 bridgehead atoms. The zero-order chi connectivity index (χ0) is 52.9. The van der Waals surface area contributed by atoms with E-state index in [0.717, 1.165) is 0 Å². The van der Waals surface area contributed by atoms with Gasteiger partial charge in [-0.25, -0.2) is 0 Å². The third kappa shape index (κ3) is 88.3. The SMILES string of the molecule is S=S=S=S=S=S=S=S=S=S=S=S=S=S=S=S=S=S=S=S=S=S=S=S=S=S=S=S=S=S=S=S=S=S=S=S=S=S=S=S=S=S=S=S=S=S=S=S=S=S=S=S=S=S=S=S=S=S=S=S=S=S=S=S=S=S=S=S=S=S=S=S=S=S. The normalized spacial score (nSPS) is 7.84. The zero-order valence-electron chi connectivity index (χ0n) is 30.2. The van der Waals surface area contributed by atoms with Crippen LogP contribution < -0.4 is 0 Å². The van der Waals surface area contributed by atoms with Crippen LogP contribution in [0.4, 0.5) is 0 Å². The second-order valence-corrected chi connectivity index (χ2v) is 132. The van der Waals surface area contributed by atoms with Crippen LogP contribution in [0.15, 0.2) is 0 Å². The molecular formula is S74. The van der Waals surface area contributed by atoms with E-state index in [2.05, 4.69) is 0 Å². The molecule has 74 heteroatoms. The second-order valence-electron chi connectivity index (χ2n) is 4.90. The van der Waals surface area contributed by atoms with Crippen LogP contribution in [-0.2, 0) is 662 Å². The molecule has 0 fully saturated rings. The van der Waals surface area contributed by atoms with Gasteiger partial charge in [0.05, 0.1) is 0 Å². The van der Waals surface area contributed by atoms with Crippen molar-refractivity contribution in [2.24, 2.45) is 0 Å². The van der Waals surface area contributed by atoms with Crippen molar-refractivity contribution in [1.29, 1.82) is 0 Å². The van der Waals surface area contributed by atoms with Gasteiger partial charge in [0.25, 0.3) is 0 Å². The highest BCUT2D eigenvalue weighted by atomic mass is 33.5. The molecule has 0 aliphatic heterocycles. The van der Waals surface area contributed by atoms with Crippen molar-refractivity contribution >= 4 is 662 Å². The summed E-state index contributed by atoms with van der Waals surface area (Å²) in [6.45, 7) is 0. The fourth-order valence-corrected chi connectivity index (χ4v) is 193. The van der Waals surface area contributed by atoms with Crippen LogP contribution in [0.25, 0.3) is 0 Å². The van der Waals surface area contributed by atoms with Crippen molar-refractivity contribution in [3.05, 3.63) is 0 Å². The molecule has 0 aliphatic carbocycles. The molecule has 0 aromatic heterocycles. The van der Waals surface area contributed by atoms with Crippen LogP contribution in [0.1, 0.15) is 0 Å². The Kier molecular flexibility index (Phi) is 109. The predicted molar refractivity (Wildman–Crippen MR) is 545 cm³/mol. The summed E-state index contributed by atoms with van der Waals surface area (Å²) in [5.74, 6) is 0. The van der Waals surface area contributed by atoms with Gasteiger partial charge in [0.1, 0.15) is 0 Å². The average Bonchev–Trinajstić information content (AvgIpc) is 3.41. The van der Waals surface area contributed by atoms with E-state index < -0.39 is 0 Å². The Balaban J connectivity index is 6.14. The van der Waals surface area contributed by atoms with Crippen molar-refractivity contribution in [2.45, 2.75) is 0 Å². The average molecular weight is 2370 g/mol. The topological polar surface area (TPSA) is 0 Å². The summed E-state index contributed by atoms with van der Waals surface area (Å²) < 4.78 is 0. The second kappa shape index (κ2) is 89.3. The lowest BCUT2D eigenvalue weighted by molar-refractivity contribution is 5.95. The van der Waals surface area contributed by atoms with Gasteiger partial charge in [0.2, 0.25) is 0 Å². The molecule has 0 N–H and O–H groups in total. The van der Waals surface area contributed by atoms with Crippen molar-refractivity contribution < 1.29 is 0 Å². The van der Waals surface area contributed by atoms with Crippen LogP contribution in [0, 0.1) is 0 Å². The first-order valence-electron chi connectivity index (χ1n) is 12.2. The monoisotopic (exact) mass is 2370 g/mol. The Bertz CT molecular complexity index is 5200. The standard InChI is InChI=1S/S74/c1-3-5-7-9-11-13-15-17-19-21-23-25-27-29-31-33-35-37-39-41-43-45-47-49-51-53-55-57-59-61-63-65-67-69-71-73-74-72-70-68-66-64-62-60-58-56-54-52-50-48-46-44-42-40-38-36-34-32-30-28-26-24-22-20-18-16-14-12-10-8-6-4-2. The molecule has 444 valence electrons. The fraction of sp³-hybridized carbons (Fsp3) is 0. The van der Waals surface area contributed by atoms with E-state index in [9.17, 15) is 0 Å². The van der Waals surface area contributed by atoms with Crippen LogP contribution in [0.5, 0.6) is 0 Å². The summed E-state index contributed by atoms with van der Waals surface area (Å²) in [7, 11) is 130. The van der Waals surface area contributed by atoms with Crippen molar-refractivity contribution in [3.63, 3.8) is 0 Å². The summed E-state index contributed by atoms with van der Waals surface area (Å²) in [6, 6.07) is 0. The molecule has 0 aromatic rings. The van der Waals surface area contributed by atoms with Gasteiger partial charge in [-0.15, -0.1) is 0 Å². The first-order valence-corrected chi connectivity index (χ1v) is 109. The van der Waals surface area contributed by atoms with E-state index >= 15 is 0 Å². The molecule has 0 aliphatic rings. The molecule has 0 saturated carbocycles. The summed E-state index contributed by atoms with van der Waals surface area (Å²) in [5.41, 5.74) is 0. The Morgan fingerprint density at radius 3 is 0.149 bits per heavy atom. The molecule has 0 saturated heterocycles. The van der Waals surface area contributed by atoms with Gasteiger partial charge in [0, 0.05) is 662 Å². The quantitative estimate of drug-likeness (QED) is 0.331. The Labute approximate surface area is 641 Å². The molecule has 0 amide bonds. The lowest BCUT2D eigenvalue weighted by Crippen LogP contribution is -1.41. The third-order valence-corrected chi connectivity index (χ3v) is 160. The van der Waals surface area contributed by atoms with Crippen molar-refractivity contribution in [1.82, 2.24) is 0 Å². The molecule has 0 spiro atoms. The highest BCUT2D eigenvalue weighted by Gasteiger charge is 1.48. The predicted octanol–water partition coefficient (Wildman–Crippen LogP) is -0.178. The summed E-state index contributed by atoms with van der Waals surface area (Å²) in [4.78, 5) is 0. The molecule has 0 unspecified atom stereocenters. The molecular weight excluding hydrogens is 2370 g/mol. The zero-order valence-corrected chi connectivity index (χ0v) is 90.6. The maximum atomic E-state index is 4.82. The number of rotatable bonds is 0. The van der Waals surface area contributed by atoms with Gasteiger partial charge in [-0.05, 0) is 0 Å². The lowest BCUT2D eigenvalue weighted by atomic mass is 30.7. The molecule has 0 aromatic carbocycles. The maximum absolute atomic E-state index is 4.82. The molecule has 0 radical (unpaired) electrons. The fourth-order valence-electron chi connectivity index (χ4n) is 0.794. The number of hydrogen-bond acceptors (Lipinski definition) is 2. The van der Waals surface area contributed by atoms with Gasteiger partial charge in [-0.3, -0.25) is 0 Å². The van der Waals surface area contributed by atoms with Crippen LogP contribution >= 0.6 is 0 Å². The lowest BCUT2D eigenvalue weighted by Gasteiger charge is -1.41. The van der Waals surface area contributed by atoms with Gasteiger partial charge < -0.3 is 0 Å². The van der Waals surface area contributed by atoms with E-state index in [0.29, 0.717) is 0 Å². The highest BCUT2D eigenvalue weighted by Crippen LogP contribution is 1.48. The van der Waals surface area contributed by atoms with Crippen molar-refractivity contribution in [2.75, 3.05) is 0 Å². The summed E-state index contributed by atoms with van der Waals surface area (Å²) >= 11 is 9.65. The van der Waals surface area contributed by atoms with Gasteiger partial charge in [-0.1, -0.05) is 0 Å². The first-order chi connectivity index (χ1) is 36.9. The molecule has 0 atom stereocenters. The Hall–Kier alpha value is 16.3. The van der Waals surface area contributed by atoms with Gasteiger partial charge in [0.15, 0.2) is 0 Å².